The van der Waals surface area contributed by atoms with Gasteiger partial charge in [0, 0.05) is 0 Å². The summed E-state index contributed by atoms with van der Waals surface area (Å²) in [7, 11) is 0. The van der Waals surface area contributed by atoms with Crippen molar-refractivity contribution in [3.05, 3.63) is 70.4 Å². The number of benzene rings is 2. The highest BCUT2D eigenvalue weighted by molar-refractivity contribution is 7.07. The van der Waals surface area contributed by atoms with Crippen molar-refractivity contribution in [1.82, 2.24) is 0 Å². The van der Waals surface area contributed by atoms with Crippen LogP contribution in [0.25, 0.3) is 10.8 Å². The van der Waals surface area contributed by atoms with Crippen LogP contribution in [0.3, 0.4) is 0 Å². The number of fused-ring (bicyclic) bond motifs is 1. The molecule has 0 bridgehead atoms. The summed E-state index contributed by atoms with van der Waals surface area (Å²) in [6, 6.07) is 16.3. The second kappa shape index (κ2) is 4.32. The highest BCUT2D eigenvalue weighted by Crippen LogP contribution is 2.26. The molecule has 2 aromatic carbocycles. The molecule has 3 aromatic rings. The molecule has 1 nitrogen and oxygen atoms in total. The summed E-state index contributed by atoms with van der Waals surface area (Å²) in [5.74, 6) is 0. The number of thiophene rings is 1. The van der Waals surface area contributed by atoms with Crippen molar-refractivity contribution in [3.8, 4) is 0 Å². The maximum atomic E-state index is 10.2. The van der Waals surface area contributed by atoms with Crippen LogP contribution < -0.4 is 0 Å². The largest absolute Gasteiger partial charge is 0.384 e. The van der Waals surface area contributed by atoms with Crippen LogP contribution in [0.2, 0.25) is 0 Å². The summed E-state index contributed by atoms with van der Waals surface area (Å²) < 4.78 is 0. The van der Waals surface area contributed by atoms with Crippen LogP contribution >= 0.6 is 11.3 Å². The van der Waals surface area contributed by atoms with Gasteiger partial charge in [-0.05, 0) is 44.8 Å². The zero-order valence-corrected chi connectivity index (χ0v) is 10.0. The molecular weight excluding hydrogens is 228 g/mol. The molecule has 1 aromatic heterocycles. The highest BCUT2D eigenvalue weighted by atomic mass is 32.1. The van der Waals surface area contributed by atoms with Gasteiger partial charge in [-0.3, -0.25) is 0 Å². The summed E-state index contributed by atoms with van der Waals surface area (Å²) in [5, 5.41) is 16.6. The third kappa shape index (κ3) is 1.97. The van der Waals surface area contributed by atoms with Crippen LogP contribution in [-0.2, 0) is 0 Å². The molecule has 17 heavy (non-hydrogen) atoms. The average molecular weight is 240 g/mol. The third-order valence-corrected chi connectivity index (χ3v) is 3.65. The second-order valence-electron chi connectivity index (χ2n) is 4.07. The molecule has 1 atom stereocenters. The fourth-order valence-electron chi connectivity index (χ4n) is 2.00. The lowest BCUT2D eigenvalue weighted by atomic mass is 10.0. The van der Waals surface area contributed by atoms with E-state index in [4.69, 9.17) is 0 Å². The molecular formula is C15H12OS. The van der Waals surface area contributed by atoms with Gasteiger partial charge < -0.3 is 5.11 Å². The smallest absolute Gasteiger partial charge is 0.105 e. The topological polar surface area (TPSA) is 20.2 Å². The van der Waals surface area contributed by atoms with E-state index in [2.05, 4.69) is 24.3 Å². The summed E-state index contributed by atoms with van der Waals surface area (Å²) in [4.78, 5) is 0. The van der Waals surface area contributed by atoms with E-state index >= 15 is 0 Å². The Kier molecular flexibility index (Phi) is 2.67. The van der Waals surface area contributed by atoms with Crippen molar-refractivity contribution in [2.75, 3.05) is 0 Å². The molecule has 0 saturated heterocycles. The molecule has 0 saturated carbocycles. The summed E-state index contributed by atoms with van der Waals surface area (Å²) in [5.41, 5.74) is 1.91. The SMILES string of the molecule is OC(c1ccsc1)c1ccc2ccccc2c1. The van der Waals surface area contributed by atoms with Gasteiger partial charge in [0.1, 0.15) is 6.10 Å². The molecule has 0 amide bonds. The second-order valence-corrected chi connectivity index (χ2v) is 4.85. The summed E-state index contributed by atoms with van der Waals surface area (Å²) in [6.07, 6.45) is -0.522. The molecule has 0 spiro atoms. The fourth-order valence-corrected chi connectivity index (χ4v) is 2.68. The van der Waals surface area contributed by atoms with E-state index in [1.807, 2.05) is 35.0 Å². The monoisotopic (exact) mass is 240 g/mol. The first-order valence-electron chi connectivity index (χ1n) is 5.53. The molecule has 0 fully saturated rings. The molecule has 3 rings (SSSR count). The molecule has 0 radical (unpaired) electrons. The third-order valence-electron chi connectivity index (χ3n) is 2.95. The van der Waals surface area contributed by atoms with Crippen molar-refractivity contribution in [2.24, 2.45) is 0 Å². The van der Waals surface area contributed by atoms with E-state index in [9.17, 15) is 5.11 Å². The lowest BCUT2D eigenvalue weighted by Gasteiger charge is -2.10. The molecule has 1 unspecified atom stereocenters. The van der Waals surface area contributed by atoms with Gasteiger partial charge in [0.05, 0.1) is 0 Å². The van der Waals surface area contributed by atoms with Crippen molar-refractivity contribution < 1.29 is 5.11 Å². The Labute approximate surface area is 104 Å². The molecule has 0 aliphatic carbocycles. The summed E-state index contributed by atoms with van der Waals surface area (Å²) in [6.45, 7) is 0. The Morgan fingerprint density at radius 2 is 1.71 bits per heavy atom. The number of rotatable bonds is 2. The van der Waals surface area contributed by atoms with E-state index < -0.39 is 6.10 Å². The van der Waals surface area contributed by atoms with E-state index in [1.165, 1.54) is 10.8 Å². The van der Waals surface area contributed by atoms with E-state index in [1.54, 1.807) is 11.3 Å². The van der Waals surface area contributed by atoms with Crippen LogP contribution in [0.4, 0.5) is 0 Å². The number of aliphatic hydroxyl groups is 1. The van der Waals surface area contributed by atoms with Crippen molar-refractivity contribution >= 4 is 22.1 Å². The molecule has 84 valence electrons. The quantitative estimate of drug-likeness (QED) is 0.718. The predicted octanol–water partition coefficient (Wildman–Crippen LogP) is 3.98. The predicted molar refractivity (Wildman–Crippen MR) is 72.3 cm³/mol. The molecule has 1 N–H and O–H groups in total. The minimum absolute atomic E-state index is 0.522. The van der Waals surface area contributed by atoms with Gasteiger partial charge in [-0.15, -0.1) is 0 Å². The fraction of sp³-hybridized carbons (Fsp3) is 0.0667. The molecule has 0 aliphatic rings. The van der Waals surface area contributed by atoms with Crippen molar-refractivity contribution in [2.45, 2.75) is 6.10 Å². The first kappa shape index (κ1) is 10.5. The maximum Gasteiger partial charge on any atom is 0.105 e. The molecule has 0 aliphatic heterocycles. The Hall–Kier alpha value is -1.64. The summed E-state index contributed by atoms with van der Waals surface area (Å²) >= 11 is 1.61. The zero-order valence-electron chi connectivity index (χ0n) is 9.21. The molecule has 2 heteroatoms. The Morgan fingerprint density at radius 1 is 0.882 bits per heavy atom. The van der Waals surface area contributed by atoms with Crippen LogP contribution in [0.15, 0.2) is 59.3 Å². The van der Waals surface area contributed by atoms with Crippen LogP contribution in [0.1, 0.15) is 17.2 Å². The van der Waals surface area contributed by atoms with Crippen LogP contribution in [0.5, 0.6) is 0 Å². The molecule has 1 heterocycles. The normalized spacial score (nSPS) is 12.8. The van der Waals surface area contributed by atoms with Gasteiger partial charge in [-0.25, -0.2) is 0 Å². The standard InChI is InChI=1S/C15H12OS/c16-15(14-7-8-17-10-14)13-6-5-11-3-1-2-4-12(11)9-13/h1-10,15-16H. The van der Waals surface area contributed by atoms with Crippen molar-refractivity contribution in [3.63, 3.8) is 0 Å². The van der Waals surface area contributed by atoms with Gasteiger partial charge in [0.2, 0.25) is 0 Å². The minimum atomic E-state index is -0.522. The van der Waals surface area contributed by atoms with E-state index in [0.29, 0.717) is 0 Å². The Morgan fingerprint density at radius 3 is 2.47 bits per heavy atom. The maximum absolute atomic E-state index is 10.2. The highest BCUT2D eigenvalue weighted by Gasteiger charge is 2.10. The number of hydrogen-bond acceptors (Lipinski definition) is 2. The Bertz CT molecular complexity index is 628. The van der Waals surface area contributed by atoms with Gasteiger partial charge in [-0.1, -0.05) is 36.4 Å². The number of hydrogen-bond donors (Lipinski definition) is 1. The van der Waals surface area contributed by atoms with Crippen LogP contribution in [-0.4, -0.2) is 5.11 Å². The lowest BCUT2D eigenvalue weighted by Crippen LogP contribution is -1.97. The van der Waals surface area contributed by atoms with E-state index in [-0.39, 0.29) is 0 Å². The van der Waals surface area contributed by atoms with Gasteiger partial charge in [0.25, 0.3) is 0 Å². The van der Waals surface area contributed by atoms with Gasteiger partial charge >= 0.3 is 0 Å². The first-order valence-corrected chi connectivity index (χ1v) is 6.48. The Balaban J connectivity index is 2.06. The lowest BCUT2D eigenvalue weighted by molar-refractivity contribution is 0.221. The van der Waals surface area contributed by atoms with Gasteiger partial charge in [0.15, 0.2) is 0 Å². The van der Waals surface area contributed by atoms with Crippen LogP contribution in [0, 0.1) is 0 Å². The van der Waals surface area contributed by atoms with Crippen molar-refractivity contribution in [1.29, 1.82) is 0 Å². The minimum Gasteiger partial charge on any atom is -0.384 e. The van der Waals surface area contributed by atoms with E-state index in [0.717, 1.165) is 11.1 Å². The zero-order chi connectivity index (χ0) is 11.7. The number of aliphatic hydroxyl groups excluding tert-OH is 1. The first-order chi connectivity index (χ1) is 8.34. The average Bonchev–Trinajstić information content (AvgIpc) is 2.91. The van der Waals surface area contributed by atoms with Gasteiger partial charge in [-0.2, -0.15) is 11.3 Å².